The van der Waals surface area contributed by atoms with Gasteiger partial charge in [-0.25, -0.2) is 0 Å². The van der Waals surface area contributed by atoms with Crippen LogP contribution in [0, 0.1) is 0 Å². The lowest BCUT2D eigenvalue weighted by Crippen LogP contribution is -2.26. The average Bonchev–Trinajstić information content (AvgIpc) is 2.75. The summed E-state index contributed by atoms with van der Waals surface area (Å²) in [7, 11) is -2.84. The highest BCUT2D eigenvalue weighted by atomic mass is 35.5. The van der Waals surface area contributed by atoms with E-state index in [-0.39, 0.29) is 6.61 Å². The van der Waals surface area contributed by atoms with Crippen molar-refractivity contribution in [1.29, 1.82) is 0 Å². The Balaban J connectivity index is 1.41. The Labute approximate surface area is 197 Å². The molecule has 2 rings (SSSR count). The lowest BCUT2D eigenvalue weighted by Gasteiger charge is -2.09. The molecule has 2 N–H and O–H groups in total. The van der Waals surface area contributed by atoms with Gasteiger partial charge in [0.15, 0.2) is 0 Å². The zero-order valence-corrected chi connectivity index (χ0v) is 20.0. The molecule has 0 aliphatic carbocycles. The smallest absolute Gasteiger partial charge is 0.322 e. The van der Waals surface area contributed by atoms with Crippen LogP contribution in [0.1, 0.15) is 0 Å². The minimum absolute atomic E-state index is 0.0681. The number of nitrogens with one attached hydrogen (secondary N) is 2. The molecule has 172 valence electrons. The highest BCUT2D eigenvalue weighted by Gasteiger charge is 2.11. The molecule has 0 spiro atoms. The summed E-state index contributed by atoms with van der Waals surface area (Å²) in [6.45, 7) is 3.10. The monoisotopic (exact) mass is 508 g/mol. The van der Waals surface area contributed by atoms with Gasteiger partial charge in [-0.05, 0) is 59.3 Å². The van der Waals surface area contributed by atoms with E-state index < -0.39 is 9.15 Å². The van der Waals surface area contributed by atoms with Crippen molar-refractivity contribution < 1.29 is 22.1 Å². The predicted octanol–water partition coefficient (Wildman–Crippen LogP) is 3.63. The van der Waals surface area contributed by atoms with Crippen LogP contribution in [0.4, 0.5) is 0 Å². The lowest BCUT2D eigenvalue weighted by atomic mass is 10.3. The molecule has 11 heteroatoms. The summed E-state index contributed by atoms with van der Waals surface area (Å²) in [6, 6.07) is 14.2. The third kappa shape index (κ3) is 12.4. The third-order valence-corrected chi connectivity index (χ3v) is 7.01. The molecule has 2 aromatic carbocycles. The van der Waals surface area contributed by atoms with Crippen LogP contribution in [0.2, 0.25) is 10.0 Å². The standard InChI is InChI=1S/C20H26Cl2N2O5S2/c21-17-1-5-19(6-2-17)27-13-9-23-11-15-29-31(25,26)30-16-12-24-10-14-28-20-7-3-18(22)4-8-20/h1-8,23-24H,9-16H2. The lowest BCUT2D eigenvalue weighted by molar-refractivity contribution is 0.294. The Morgan fingerprint density at radius 3 is 1.68 bits per heavy atom. The van der Waals surface area contributed by atoms with Gasteiger partial charge in [0.1, 0.15) is 24.7 Å². The largest absolute Gasteiger partial charge is 0.492 e. The van der Waals surface area contributed by atoms with Crippen molar-refractivity contribution in [3.63, 3.8) is 0 Å². The van der Waals surface area contributed by atoms with Crippen LogP contribution in [0.3, 0.4) is 0 Å². The zero-order valence-electron chi connectivity index (χ0n) is 16.9. The number of rotatable bonds is 16. The Bertz CT molecular complexity index is 787. The van der Waals surface area contributed by atoms with Gasteiger partial charge in [0, 0.05) is 42.0 Å². The molecule has 0 atom stereocenters. The summed E-state index contributed by atoms with van der Waals surface area (Å²) in [5.41, 5.74) is 0. The predicted molar refractivity (Wildman–Crippen MR) is 127 cm³/mol. The SMILES string of the molecule is O=S(=O)(OCCNCCOc1ccc(Cl)cc1)SCCNCCOc1ccc(Cl)cc1. The topological polar surface area (TPSA) is 85.9 Å². The van der Waals surface area contributed by atoms with E-state index in [9.17, 15) is 8.42 Å². The fourth-order valence-corrected chi connectivity index (χ4v) is 4.57. The zero-order chi connectivity index (χ0) is 22.4. The van der Waals surface area contributed by atoms with Gasteiger partial charge in [-0.1, -0.05) is 23.2 Å². The minimum Gasteiger partial charge on any atom is -0.492 e. The van der Waals surface area contributed by atoms with E-state index in [0.717, 1.165) is 22.3 Å². The van der Waals surface area contributed by atoms with E-state index in [4.69, 9.17) is 36.9 Å². The molecule has 0 unspecified atom stereocenters. The van der Waals surface area contributed by atoms with Crippen molar-refractivity contribution in [3.8, 4) is 11.5 Å². The van der Waals surface area contributed by atoms with Crippen LogP contribution in [0.15, 0.2) is 48.5 Å². The number of benzene rings is 2. The molecule has 0 saturated carbocycles. The molecule has 0 bridgehead atoms. The Morgan fingerprint density at radius 2 is 1.16 bits per heavy atom. The Hall–Kier alpha value is -1.20. The summed E-state index contributed by atoms with van der Waals surface area (Å²) < 4.78 is 39.7. The van der Waals surface area contributed by atoms with Crippen molar-refractivity contribution in [2.75, 3.05) is 51.8 Å². The van der Waals surface area contributed by atoms with Crippen LogP contribution >= 0.6 is 34.0 Å². The first kappa shape index (κ1) is 26.1. The number of hydrogen-bond acceptors (Lipinski definition) is 8. The second-order valence-corrected chi connectivity index (χ2v) is 10.7. The van der Waals surface area contributed by atoms with Gasteiger partial charge < -0.3 is 20.1 Å². The van der Waals surface area contributed by atoms with E-state index in [1.165, 1.54) is 0 Å². The average molecular weight is 509 g/mol. The molecular formula is C20H26Cl2N2O5S2. The molecule has 0 saturated heterocycles. The molecule has 0 amide bonds. The van der Waals surface area contributed by atoms with Gasteiger partial charge in [-0.3, -0.25) is 4.18 Å². The third-order valence-electron chi connectivity index (χ3n) is 3.74. The maximum absolute atomic E-state index is 11.8. The molecule has 0 radical (unpaired) electrons. The van der Waals surface area contributed by atoms with Gasteiger partial charge in [0.2, 0.25) is 0 Å². The summed E-state index contributed by atoms with van der Waals surface area (Å²) in [4.78, 5) is 0. The highest BCUT2D eigenvalue weighted by molar-refractivity contribution is 8.70. The van der Waals surface area contributed by atoms with Gasteiger partial charge in [-0.15, -0.1) is 0 Å². The Kier molecular flexibility index (Phi) is 12.4. The van der Waals surface area contributed by atoms with E-state index >= 15 is 0 Å². The summed E-state index contributed by atoms with van der Waals surface area (Å²) in [5.74, 6) is 1.85. The van der Waals surface area contributed by atoms with E-state index in [1.807, 2.05) is 0 Å². The summed E-state index contributed by atoms with van der Waals surface area (Å²) in [5, 5.41) is 7.50. The van der Waals surface area contributed by atoms with E-state index in [2.05, 4.69) is 10.6 Å². The van der Waals surface area contributed by atoms with Crippen molar-refractivity contribution in [2.24, 2.45) is 0 Å². The molecule has 0 heterocycles. The molecular weight excluding hydrogens is 483 g/mol. The number of ether oxygens (including phenoxy) is 2. The van der Waals surface area contributed by atoms with Crippen molar-refractivity contribution in [1.82, 2.24) is 10.6 Å². The molecule has 7 nitrogen and oxygen atoms in total. The van der Waals surface area contributed by atoms with Crippen molar-refractivity contribution in [2.45, 2.75) is 0 Å². The number of hydrogen-bond donors (Lipinski definition) is 2. The quantitative estimate of drug-likeness (QED) is 0.262. The summed E-state index contributed by atoms with van der Waals surface area (Å²) in [6.07, 6.45) is 0. The second-order valence-electron chi connectivity index (χ2n) is 6.16. The van der Waals surface area contributed by atoms with E-state index in [0.29, 0.717) is 55.2 Å². The first-order valence-electron chi connectivity index (χ1n) is 9.66. The van der Waals surface area contributed by atoms with Gasteiger partial charge in [0.05, 0.1) is 6.61 Å². The molecule has 0 aliphatic rings. The molecule has 0 fully saturated rings. The van der Waals surface area contributed by atoms with Crippen molar-refractivity contribution >= 4 is 43.1 Å². The van der Waals surface area contributed by atoms with Crippen LogP contribution < -0.4 is 20.1 Å². The summed E-state index contributed by atoms with van der Waals surface area (Å²) >= 11 is 11.6. The first-order chi connectivity index (χ1) is 14.9. The van der Waals surface area contributed by atoms with Crippen LogP contribution in [-0.4, -0.2) is 60.2 Å². The van der Waals surface area contributed by atoms with Crippen LogP contribution in [0.5, 0.6) is 11.5 Å². The maximum Gasteiger partial charge on any atom is 0.322 e. The fraction of sp³-hybridized carbons (Fsp3) is 0.400. The molecule has 0 aromatic heterocycles. The molecule has 31 heavy (non-hydrogen) atoms. The van der Waals surface area contributed by atoms with E-state index in [1.54, 1.807) is 48.5 Å². The first-order valence-corrected chi connectivity index (χ1v) is 13.3. The normalized spacial score (nSPS) is 11.4. The minimum atomic E-state index is -3.61. The van der Waals surface area contributed by atoms with Crippen molar-refractivity contribution in [3.05, 3.63) is 58.6 Å². The van der Waals surface area contributed by atoms with Gasteiger partial charge >= 0.3 is 9.15 Å². The highest BCUT2D eigenvalue weighted by Crippen LogP contribution is 2.16. The second kappa shape index (κ2) is 14.8. The molecule has 2 aromatic rings. The maximum atomic E-state index is 11.8. The van der Waals surface area contributed by atoms with Gasteiger partial charge in [-0.2, -0.15) is 8.42 Å². The fourth-order valence-electron chi connectivity index (χ4n) is 2.26. The number of halogens is 2. The van der Waals surface area contributed by atoms with Crippen LogP contribution in [-0.2, 0) is 13.3 Å². The Morgan fingerprint density at radius 1 is 0.710 bits per heavy atom. The van der Waals surface area contributed by atoms with Crippen LogP contribution in [0.25, 0.3) is 0 Å². The van der Waals surface area contributed by atoms with Gasteiger partial charge in [0.25, 0.3) is 0 Å². The molecule has 0 aliphatic heterocycles.